The van der Waals surface area contributed by atoms with Crippen molar-refractivity contribution in [3.8, 4) is 0 Å². The molecule has 0 saturated carbocycles. The summed E-state index contributed by atoms with van der Waals surface area (Å²) >= 11 is 0. The molecule has 118 valence electrons. The Labute approximate surface area is 204 Å². The fourth-order valence-corrected chi connectivity index (χ4v) is 1.40. The van der Waals surface area contributed by atoms with E-state index in [4.69, 9.17) is 0 Å². The van der Waals surface area contributed by atoms with Gasteiger partial charge in [-0.25, -0.2) is 0 Å². The van der Waals surface area contributed by atoms with Crippen molar-refractivity contribution in [2.24, 2.45) is 0 Å². The first-order chi connectivity index (χ1) is 9.63. The molecule has 0 rings (SSSR count). The third-order valence-corrected chi connectivity index (χ3v) is 2.30. The average molecular weight is 370 g/mol. The van der Waals surface area contributed by atoms with E-state index in [2.05, 4.69) is 0 Å². The van der Waals surface area contributed by atoms with Gasteiger partial charge in [0.1, 0.15) is 6.04 Å². The minimum absolute atomic E-state index is 0. The summed E-state index contributed by atoms with van der Waals surface area (Å²) in [5.41, 5.74) is 0. The standard InChI is InChI=1S/C11H16N2O8.3Na/c1-5(14)12-7(4-9(17)18)10(19)13-6(11(20)21)2-3-8(15)16;;;/h6-7H,2-4H2,1H3,(H,12,14)(H,13,19)(H,15,16)(H,17,18)(H,20,21);;;/q;3*+1/p-3. The quantitative estimate of drug-likeness (QED) is 0.375. The number of carboxylic acid groups (broad SMARTS) is 3. The zero-order valence-electron chi connectivity index (χ0n) is 14.0. The molecule has 0 aliphatic rings. The molecule has 13 heteroatoms. The van der Waals surface area contributed by atoms with Crippen LogP contribution in [0.4, 0.5) is 0 Å². The summed E-state index contributed by atoms with van der Waals surface area (Å²) < 4.78 is 0. The number of carbonyl (C=O) groups excluding carboxylic acids is 5. The van der Waals surface area contributed by atoms with Crippen molar-refractivity contribution < 1.29 is 128 Å². The fraction of sp³-hybridized carbons (Fsp3) is 0.545. The maximum absolute atomic E-state index is 11.7. The Morgan fingerprint density at radius 2 is 1.33 bits per heavy atom. The average Bonchev–Trinajstić information content (AvgIpc) is 2.31. The van der Waals surface area contributed by atoms with Gasteiger partial charge in [0.2, 0.25) is 11.8 Å². The molecule has 2 unspecified atom stereocenters. The van der Waals surface area contributed by atoms with Gasteiger partial charge in [0.05, 0.1) is 12.0 Å². The van der Waals surface area contributed by atoms with Gasteiger partial charge in [0.15, 0.2) is 0 Å². The summed E-state index contributed by atoms with van der Waals surface area (Å²) in [7, 11) is 0. The predicted octanol–water partition coefficient (Wildman–Crippen LogP) is -14.6. The summed E-state index contributed by atoms with van der Waals surface area (Å²) in [6.07, 6.45) is -2.02. The molecule has 0 bridgehead atoms. The second-order valence-electron chi connectivity index (χ2n) is 4.12. The predicted molar refractivity (Wildman–Crippen MR) is 58.4 cm³/mol. The molecule has 0 aromatic heterocycles. The molecule has 2 amide bonds. The smallest absolute Gasteiger partial charge is 0.550 e. The molecular formula is C11H13N2Na3O8. The van der Waals surface area contributed by atoms with Gasteiger partial charge in [0, 0.05) is 25.3 Å². The van der Waals surface area contributed by atoms with Crippen molar-refractivity contribution in [2.45, 2.75) is 38.3 Å². The van der Waals surface area contributed by atoms with Crippen LogP contribution in [0.1, 0.15) is 26.2 Å². The number of aliphatic carboxylic acids is 3. The second-order valence-corrected chi connectivity index (χ2v) is 4.12. The third-order valence-electron chi connectivity index (χ3n) is 2.30. The zero-order valence-corrected chi connectivity index (χ0v) is 20.0. The molecule has 0 spiro atoms. The number of hydrogen-bond acceptors (Lipinski definition) is 8. The Balaban J connectivity index is -0.000000667. The van der Waals surface area contributed by atoms with Gasteiger partial charge in [-0.1, -0.05) is 0 Å². The van der Waals surface area contributed by atoms with E-state index in [0.29, 0.717) is 0 Å². The van der Waals surface area contributed by atoms with Crippen molar-refractivity contribution >= 4 is 29.7 Å². The number of nitrogens with one attached hydrogen (secondary N) is 2. The van der Waals surface area contributed by atoms with Gasteiger partial charge >= 0.3 is 88.7 Å². The molecule has 0 aromatic rings. The van der Waals surface area contributed by atoms with Crippen LogP contribution >= 0.6 is 0 Å². The topological polar surface area (TPSA) is 179 Å². The van der Waals surface area contributed by atoms with Crippen LogP contribution in [0, 0.1) is 0 Å². The van der Waals surface area contributed by atoms with E-state index in [9.17, 15) is 39.3 Å². The molecule has 0 aliphatic carbocycles. The Morgan fingerprint density at radius 1 is 0.833 bits per heavy atom. The van der Waals surface area contributed by atoms with Crippen LogP contribution in [0.2, 0.25) is 0 Å². The largest absolute Gasteiger partial charge is 1.00 e. The summed E-state index contributed by atoms with van der Waals surface area (Å²) in [4.78, 5) is 54.0. The fourth-order valence-electron chi connectivity index (χ4n) is 1.40. The van der Waals surface area contributed by atoms with Gasteiger partial charge in [-0.05, 0) is 12.8 Å². The molecule has 2 N–H and O–H groups in total. The summed E-state index contributed by atoms with van der Waals surface area (Å²) in [5, 5.41) is 35.4. The Hall–Kier alpha value is 0.350. The maximum atomic E-state index is 11.7. The third kappa shape index (κ3) is 15.9. The first kappa shape index (κ1) is 32.1. The second kappa shape index (κ2) is 16.8. The van der Waals surface area contributed by atoms with E-state index in [1.165, 1.54) is 0 Å². The summed E-state index contributed by atoms with van der Waals surface area (Å²) in [6, 6.07) is -3.20. The summed E-state index contributed by atoms with van der Waals surface area (Å²) in [5.74, 6) is -6.73. The molecule has 0 aliphatic heterocycles. The molecule has 0 radical (unpaired) electrons. The van der Waals surface area contributed by atoms with Crippen LogP contribution in [0.3, 0.4) is 0 Å². The van der Waals surface area contributed by atoms with E-state index in [0.717, 1.165) is 6.92 Å². The normalized spacial score (nSPS) is 11.2. The van der Waals surface area contributed by atoms with Crippen LogP contribution in [-0.2, 0) is 24.0 Å². The van der Waals surface area contributed by atoms with E-state index in [-0.39, 0.29) is 88.7 Å². The van der Waals surface area contributed by atoms with Gasteiger partial charge in [0.25, 0.3) is 0 Å². The molecule has 0 fully saturated rings. The van der Waals surface area contributed by atoms with Gasteiger partial charge in [-0.15, -0.1) is 0 Å². The van der Waals surface area contributed by atoms with E-state index in [1.54, 1.807) is 0 Å². The van der Waals surface area contributed by atoms with Crippen LogP contribution in [0.25, 0.3) is 0 Å². The van der Waals surface area contributed by atoms with Crippen LogP contribution in [0.15, 0.2) is 0 Å². The van der Waals surface area contributed by atoms with Gasteiger partial charge in [-0.2, -0.15) is 0 Å². The van der Waals surface area contributed by atoms with Crippen LogP contribution in [0.5, 0.6) is 0 Å². The number of carboxylic acids is 3. The van der Waals surface area contributed by atoms with Gasteiger partial charge in [-0.3, -0.25) is 9.59 Å². The molecule has 24 heavy (non-hydrogen) atoms. The van der Waals surface area contributed by atoms with Crippen molar-refractivity contribution in [3.63, 3.8) is 0 Å². The number of amides is 2. The molecular weight excluding hydrogens is 357 g/mol. The number of carbonyl (C=O) groups is 5. The number of rotatable bonds is 9. The number of hydrogen-bond donors (Lipinski definition) is 2. The Morgan fingerprint density at radius 3 is 1.67 bits per heavy atom. The van der Waals surface area contributed by atoms with Crippen LogP contribution in [-0.4, -0.2) is 41.8 Å². The van der Waals surface area contributed by atoms with Crippen molar-refractivity contribution in [2.75, 3.05) is 0 Å². The Kier molecular flexibility index (Phi) is 22.4. The Bertz CT molecular complexity index is 445. The molecule has 0 aromatic carbocycles. The molecule has 0 saturated heterocycles. The minimum Gasteiger partial charge on any atom is -0.550 e. The first-order valence-corrected chi connectivity index (χ1v) is 5.81. The minimum atomic E-state index is -1.75. The maximum Gasteiger partial charge on any atom is 1.00 e. The first-order valence-electron chi connectivity index (χ1n) is 5.81. The van der Waals surface area contributed by atoms with Crippen molar-refractivity contribution in [3.05, 3.63) is 0 Å². The molecule has 2 atom stereocenters. The van der Waals surface area contributed by atoms with E-state index < -0.39 is 61.1 Å². The van der Waals surface area contributed by atoms with E-state index in [1.807, 2.05) is 10.6 Å². The van der Waals surface area contributed by atoms with Crippen molar-refractivity contribution in [1.29, 1.82) is 0 Å². The zero-order chi connectivity index (χ0) is 16.6. The van der Waals surface area contributed by atoms with E-state index >= 15 is 0 Å². The molecule has 10 nitrogen and oxygen atoms in total. The summed E-state index contributed by atoms with van der Waals surface area (Å²) in [6.45, 7) is 1.03. The van der Waals surface area contributed by atoms with Crippen molar-refractivity contribution in [1.82, 2.24) is 10.6 Å². The monoisotopic (exact) mass is 370 g/mol. The molecule has 0 heterocycles. The van der Waals surface area contributed by atoms with Gasteiger partial charge < -0.3 is 40.3 Å². The van der Waals surface area contributed by atoms with Crippen LogP contribution < -0.4 is 115 Å². The SMILES string of the molecule is CC(=O)NC(CC(=O)[O-])C(=O)NC(CCC(=O)[O-])C(=O)[O-].[Na+].[Na+].[Na+].